The molecular weight excluding hydrogens is 430 g/mol. The molecule has 4 aromatic rings. The fourth-order valence-corrected chi connectivity index (χ4v) is 5.75. The SMILES string of the molecule is CCc1ccc(-c2cc(-c3ccc(C4CCC(C)(C)CC4)cc3)[nH]c(=O)c2-c2nn[nH]n2)s1. The van der Waals surface area contributed by atoms with Gasteiger partial charge in [-0.2, -0.15) is 5.21 Å². The second-order valence-electron chi connectivity index (χ2n) is 9.72. The molecule has 6 nitrogen and oxygen atoms in total. The number of aromatic amines is 2. The van der Waals surface area contributed by atoms with E-state index in [4.69, 9.17) is 0 Å². The summed E-state index contributed by atoms with van der Waals surface area (Å²) < 4.78 is 0. The minimum Gasteiger partial charge on any atom is -0.321 e. The average Bonchev–Trinajstić information content (AvgIpc) is 3.51. The first-order chi connectivity index (χ1) is 15.9. The summed E-state index contributed by atoms with van der Waals surface area (Å²) in [6.07, 6.45) is 5.98. The Morgan fingerprint density at radius 2 is 1.85 bits per heavy atom. The van der Waals surface area contributed by atoms with Crippen molar-refractivity contribution in [1.82, 2.24) is 25.6 Å². The van der Waals surface area contributed by atoms with Crippen molar-refractivity contribution in [2.75, 3.05) is 0 Å². The van der Waals surface area contributed by atoms with Gasteiger partial charge in [0.1, 0.15) is 0 Å². The van der Waals surface area contributed by atoms with Crippen LogP contribution in [-0.2, 0) is 6.42 Å². The van der Waals surface area contributed by atoms with Crippen LogP contribution >= 0.6 is 11.3 Å². The Kier molecular flexibility index (Phi) is 5.74. The first kappa shape index (κ1) is 21.8. The summed E-state index contributed by atoms with van der Waals surface area (Å²) in [6, 6.07) is 14.9. The topological polar surface area (TPSA) is 87.3 Å². The maximum Gasteiger partial charge on any atom is 0.260 e. The van der Waals surface area contributed by atoms with Gasteiger partial charge in [0.2, 0.25) is 5.82 Å². The van der Waals surface area contributed by atoms with E-state index in [9.17, 15) is 4.79 Å². The van der Waals surface area contributed by atoms with E-state index < -0.39 is 0 Å². The van der Waals surface area contributed by atoms with E-state index in [1.54, 1.807) is 11.3 Å². The summed E-state index contributed by atoms with van der Waals surface area (Å²) in [4.78, 5) is 18.5. The molecule has 3 heterocycles. The molecule has 0 bridgehead atoms. The van der Waals surface area contributed by atoms with Crippen LogP contribution in [-0.4, -0.2) is 25.6 Å². The highest BCUT2D eigenvalue weighted by molar-refractivity contribution is 7.15. The van der Waals surface area contributed by atoms with Gasteiger partial charge in [-0.05, 0) is 78.0 Å². The average molecular weight is 460 g/mol. The molecule has 0 atom stereocenters. The zero-order valence-electron chi connectivity index (χ0n) is 19.3. The summed E-state index contributed by atoms with van der Waals surface area (Å²) in [5.74, 6) is 0.931. The molecule has 2 N–H and O–H groups in total. The van der Waals surface area contributed by atoms with Crippen molar-refractivity contribution in [2.24, 2.45) is 5.41 Å². The smallest absolute Gasteiger partial charge is 0.260 e. The maximum atomic E-state index is 13.2. The van der Waals surface area contributed by atoms with E-state index in [0.717, 1.165) is 28.1 Å². The molecule has 0 radical (unpaired) electrons. The van der Waals surface area contributed by atoms with Crippen LogP contribution in [0.3, 0.4) is 0 Å². The molecule has 1 aliphatic rings. The lowest BCUT2D eigenvalue weighted by molar-refractivity contribution is 0.224. The summed E-state index contributed by atoms with van der Waals surface area (Å²) in [5, 5.41) is 14.3. The van der Waals surface area contributed by atoms with Crippen LogP contribution in [0.4, 0.5) is 0 Å². The Balaban J connectivity index is 1.52. The molecule has 3 aromatic heterocycles. The molecule has 7 heteroatoms. The molecule has 1 fully saturated rings. The van der Waals surface area contributed by atoms with Crippen molar-refractivity contribution in [3.63, 3.8) is 0 Å². The number of aryl methyl sites for hydroxylation is 1. The van der Waals surface area contributed by atoms with Crippen molar-refractivity contribution in [3.8, 4) is 33.1 Å². The van der Waals surface area contributed by atoms with Crippen molar-refractivity contribution in [2.45, 2.75) is 58.8 Å². The third kappa shape index (κ3) is 4.42. The normalized spacial score (nSPS) is 16.2. The Morgan fingerprint density at radius 3 is 2.48 bits per heavy atom. The highest BCUT2D eigenvalue weighted by Crippen LogP contribution is 2.42. The summed E-state index contributed by atoms with van der Waals surface area (Å²) in [5.41, 5.74) is 4.72. The van der Waals surface area contributed by atoms with Gasteiger partial charge in [0.05, 0.1) is 5.56 Å². The second kappa shape index (κ2) is 8.71. The summed E-state index contributed by atoms with van der Waals surface area (Å²) >= 11 is 1.69. The largest absolute Gasteiger partial charge is 0.321 e. The highest BCUT2D eigenvalue weighted by atomic mass is 32.1. The molecule has 170 valence electrons. The van der Waals surface area contributed by atoms with Crippen LogP contribution in [0.5, 0.6) is 0 Å². The van der Waals surface area contributed by atoms with Crippen molar-refractivity contribution in [1.29, 1.82) is 0 Å². The summed E-state index contributed by atoms with van der Waals surface area (Å²) in [6.45, 7) is 6.87. The van der Waals surface area contributed by atoms with Crippen molar-refractivity contribution < 1.29 is 0 Å². The number of rotatable bonds is 5. The molecule has 5 rings (SSSR count). The number of pyridine rings is 1. The molecule has 33 heavy (non-hydrogen) atoms. The number of hydrogen-bond acceptors (Lipinski definition) is 5. The van der Waals surface area contributed by atoms with Crippen molar-refractivity contribution in [3.05, 3.63) is 63.3 Å². The Bertz CT molecular complexity index is 1290. The lowest BCUT2D eigenvalue weighted by atomic mass is 9.71. The monoisotopic (exact) mass is 459 g/mol. The fraction of sp³-hybridized carbons (Fsp3) is 0.385. The Hall–Kier alpha value is -3.06. The van der Waals surface area contributed by atoms with Crippen LogP contribution in [0.15, 0.2) is 47.3 Å². The molecular formula is C26H29N5OS. The number of thiophene rings is 1. The third-order valence-corrected chi connectivity index (χ3v) is 8.17. The van der Waals surface area contributed by atoms with E-state index in [1.807, 2.05) is 6.07 Å². The summed E-state index contributed by atoms with van der Waals surface area (Å²) in [7, 11) is 0. The molecule has 0 saturated heterocycles. The first-order valence-electron chi connectivity index (χ1n) is 11.6. The third-order valence-electron chi connectivity index (χ3n) is 6.91. The predicted molar refractivity (Wildman–Crippen MR) is 133 cm³/mol. The molecule has 0 amide bonds. The minimum atomic E-state index is -0.214. The van der Waals surface area contributed by atoms with Crippen LogP contribution < -0.4 is 5.56 Å². The fourth-order valence-electron chi connectivity index (χ4n) is 4.78. The van der Waals surface area contributed by atoms with Crippen molar-refractivity contribution >= 4 is 11.3 Å². The maximum absolute atomic E-state index is 13.2. The van der Waals surface area contributed by atoms with Gasteiger partial charge in [-0.15, -0.1) is 21.5 Å². The van der Waals surface area contributed by atoms with Gasteiger partial charge in [-0.1, -0.05) is 45.0 Å². The van der Waals surface area contributed by atoms with Crippen LogP contribution in [0.2, 0.25) is 0 Å². The van der Waals surface area contributed by atoms with Crippen LogP contribution in [0.1, 0.15) is 62.8 Å². The van der Waals surface area contributed by atoms with Gasteiger partial charge in [0, 0.05) is 21.0 Å². The van der Waals surface area contributed by atoms with Gasteiger partial charge < -0.3 is 4.98 Å². The zero-order chi connectivity index (χ0) is 23.0. The molecule has 0 aliphatic heterocycles. The van der Waals surface area contributed by atoms with Crippen LogP contribution in [0.25, 0.3) is 33.1 Å². The molecule has 1 aliphatic carbocycles. The molecule has 0 spiro atoms. The first-order valence-corrected chi connectivity index (χ1v) is 12.5. The zero-order valence-corrected chi connectivity index (χ0v) is 20.1. The van der Waals surface area contributed by atoms with E-state index in [0.29, 0.717) is 22.7 Å². The quantitative estimate of drug-likeness (QED) is 0.372. The Labute approximate surface area is 197 Å². The predicted octanol–water partition coefficient (Wildman–Crippen LogP) is 6.20. The highest BCUT2D eigenvalue weighted by Gasteiger charge is 2.27. The second-order valence-corrected chi connectivity index (χ2v) is 10.9. The number of aromatic nitrogens is 5. The number of benzene rings is 1. The van der Waals surface area contributed by atoms with Gasteiger partial charge in [0.25, 0.3) is 5.56 Å². The number of tetrazole rings is 1. The number of H-pyrrole nitrogens is 2. The van der Waals surface area contributed by atoms with E-state index in [2.05, 4.69) is 82.8 Å². The lowest BCUT2D eigenvalue weighted by Crippen LogP contribution is -2.20. The number of nitrogens with one attached hydrogen (secondary N) is 2. The van der Waals surface area contributed by atoms with E-state index >= 15 is 0 Å². The van der Waals surface area contributed by atoms with Crippen LogP contribution in [0, 0.1) is 5.41 Å². The Morgan fingerprint density at radius 1 is 1.09 bits per heavy atom. The molecule has 1 aromatic carbocycles. The standard InChI is InChI=1S/C26H29N5OS/c1-4-19-9-10-22(33-19)20-15-21(27-25(32)23(20)24-28-30-31-29-24)18-7-5-16(6-8-18)17-11-13-26(2,3)14-12-17/h5-10,15,17H,4,11-14H2,1-3H3,(H,27,32)(H,28,29,30,31). The van der Waals surface area contributed by atoms with E-state index in [1.165, 1.54) is 36.1 Å². The van der Waals surface area contributed by atoms with Gasteiger partial charge >= 0.3 is 0 Å². The lowest BCUT2D eigenvalue weighted by Gasteiger charge is -2.34. The number of nitrogens with zero attached hydrogens (tertiary/aromatic N) is 3. The number of hydrogen-bond donors (Lipinski definition) is 2. The molecule has 0 unspecified atom stereocenters. The minimum absolute atomic E-state index is 0.214. The van der Waals surface area contributed by atoms with E-state index in [-0.39, 0.29) is 5.56 Å². The molecule has 1 saturated carbocycles. The van der Waals surface area contributed by atoms with Gasteiger partial charge in [0.15, 0.2) is 0 Å². The van der Waals surface area contributed by atoms with Gasteiger partial charge in [-0.25, -0.2) is 0 Å². The van der Waals surface area contributed by atoms with Gasteiger partial charge in [-0.3, -0.25) is 4.79 Å².